The fraction of sp³-hybridized carbons (Fsp3) is 1.00. The molecule has 2 aliphatic rings. The van der Waals surface area contributed by atoms with E-state index < -0.39 is 5.60 Å². The Morgan fingerprint density at radius 3 is 2.35 bits per heavy atom. The molecule has 0 amide bonds. The summed E-state index contributed by atoms with van der Waals surface area (Å²) in [5.74, 6) is 1.17. The third-order valence-corrected chi connectivity index (χ3v) is 6.41. The summed E-state index contributed by atoms with van der Waals surface area (Å²) in [5, 5.41) is 10.9. The molecule has 0 saturated heterocycles. The molecule has 0 aromatic carbocycles. The minimum atomic E-state index is -0.464. The lowest BCUT2D eigenvalue weighted by molar-refractivity contribution is -0.193. The minimum Gasteiger partial charge on any atom is -0.390 e. The van der Waals surface area contributed by atoms with Gasteiger partial charge in [-0.1, -0.05) is 48.5 Å². The lowest BCUT2D eigenvalue weighted by Gasteiger charge is -2.53. The lowest BCUT2D eigenvalue weighted by atomic mass is 9.63. The van der Waals surface area contributed by atoms with E-state index >= 15 is 0 Å². The van der Waals surface area contributed by atoms with E-state index in [0.717, 1.165) is 45.1 Å². The summed E-state index contributed by atoms with van der Waals surface area (Å²) in [6.45, 7) is 17.1. The molecule has 4 unspecified atom stereocenters. The van der Waals surface area contributed by atoms with Crippen molar-refractivity contribution in [2.45, 2.75) is 105 Å². The van der Waals surface area contributed by atoms with Crippen molar-refractivity contribution in [2.24, 2.45) is 22.7 Å². The van der Waals surface area contributed by atoms with E-state index in [1.165, 1.54) is 6.42 Å². The molecular formula is C21H40O2. The average molecular weight is 325 g/mol. The zero-order valence-electron chi connectivity index (χ0n) is 16.7. The molecule has 1 N–H and O–H groups in total. The van der Waals surface area contributed by atoms with Crippen LogP contribution in [0.1, 0.15) is 93.4 Å². The topological polar surface area (TPSA) is 29.5 Å². The van der Waals surface area contributed by atoms with Crippen molar-refractivity contribution in [3.63, 3.8) is 0 Å². The molecule has 0 spiro atoms. The highest BCUT2D eigenvalue weighted by Gasteiger charge is 2.50. The van der Waals surface area contributed by atoms with Crippen LogP contribution in [0.15, 0.2) is 0 Å². The summed E-state index contributed by atoms with van der Waals surface area (Å²) >= 11 is 0. The first-order valence-electron chi connectivity index (χ1n) is 9.74. The summed E-state index contributed by atoms with van der Waals surface area (Å²) in [5.41, 5.74) is -0.0245. The maximum atomic E-state index is 10.9. The molecule has 2 aliphatic carbocycles. The second-order valence-corrected chi connectivity index (χ2v) is 10.8. The highest BCUT2D eigenvalue weighted by molar-refractivity contribution is 5.02. The van der Waals surface area contributed by atoms with Crippen molar-refractivity contribution >= 4 is 0 Å². The maximum Gasteiger partial charge on any atom is 0.0712 e. The maximum absolute atomic E-state index is 10.9. The normalized spacial score (nSPS) is 37.7. The standard InChI is InChI=1S/C21H40O2/c1-16(2)19(7,13-18(4,5)6)15-23-21-10-8-9-20(22,14-21)11-17(3)12-21/h16-17,22H,8-15H2,1-7H3. The fourth-order valence-electron chi connectivity index (χ4n) is 5.35. The Kier molecular flexibility index (Phi) is 5.30. The van der Waals surface area contributed by atoms with Crippen molar-refractivity contribution in [1.82, 2.24) is 0 Å². The van der Waals surface area contributed by atoms with Crippen molar-refractivity contribution in [2.75, 3.05) is 6.61 Å². The average Bonchev–Trinajstić information content (AvgIpc) is 2.32. The zero-order chi connectivity index (χ0) is 17.5. The van der Waals surface area contributed by atoms with Crippen LogP contribution in [-0.4, -0.2) is 22.9 Å². The van der Waals surface area contributed by atoms with Crippen molar-refractivity contribution in [3.05, 3.63) is 0 Å². The molecule has 2 fully saturated rings. The molecule has 0 heterocycles. The Bertz CT molecular complexity index is 411. The number of hydrogen-bond donors (Lipinski definition) is 1. The van der Waals surface area contributed by atoms with Gasteiger partial charge >= 0.3 is 0 Å². The highest BCUT2D eigenvalue weighted by atomic mass is 16.5. The van der Waals surface area contributed by atoms with Gasteiger partial charge in [-0.25, -0.2) is 0 Å². The smallest absolute Gasteiger partial charge is 0.0712 e. The summed E-state index contributed by atoms with van der Waals surface area (Å²) in [6, 6.07) is 0. The van der Waals surface area contributed by atoms with Gasteiger partial charge in [0.05, 0.1) is 17.8 Å². The lowest BCUT2D eigenvalue weighted by Crippen LogP contribution is -2.54. The molecule has 0 radical (unpaired) electrons. The Morgan fingerprint density at radius 2 is 1.78 bits per heavy atom. The first-order valence-corrected chi connectivity index (χ1v) is 9.74. The molecule has 2 nitrogen and oxygen atoms in total. The van der Waals surface area contributed by atoms with E-state index in [0.29, 0.717) is 17.3 Å². The molecule has 23 heavy (non-hydrogen) atoms. The van der Waals surface area contributed by atoms with Crippen molar-refractivity contribution < 1.29 is 9.84 Å². The number of hydrogen-bond acceptors (Lipinski definition) is 2. The van der Waals surface area contributed by atoms with E-state index in [1.54, 1.807) is 0 Å². The van der Waals surface area contributed by atoms with Crippen LogP contribution in [0.5, 0.6) is 0 Å². The van der Waals surface area contributed by atoms with E-state index in [9.17, 15) is 5.11 Å². The van der Waals surface area contributed by atoms with Crippen molar-refractivity contribution in [3.8, 4) is 0 Å². The summed E-state index contributed by atoms with van der Waals surface area (Å²) in [6.07, 6.45) is 7.32. The molecule has 2 saturated carbocycles. The van der Waals surface area contributed by atoms with E-state index in [1.807, 2.05) is 0 Å². The molecule has 2 heteroatoms. The van der Waals surface area contributed by atoms with E-state index in [4.69, 9.17) is 4.74 Å². The van der Waals surface area contributed by atoms with Crippen LogP contribution in [0.2, 0.25) is 0 Å². The molecule has 0 aromatic heterocycles. The molecule has 2 rings (SSSR count). The summed E-state index contributed by atoms with van der Waals surface area (Å²) in [7, 11) is 0. The van der Waals surface area contributed by atoms with Crippen LogP contribution in [-0.2, 0) is 4.74 Å². The number of ether oxygens (including phenoxy) is 1. The van der Waals surface area contributed by atoms with Crippen LogP contribution in [0.3, 0.4) is 0 Å². The molecule has 0 aromatic rings. The Morgan fingerprint density at radius 1 is 1.13 bits per heavy atom. The van der Waals surface area contributed by atoms with Gasteiger partial charge in [0.25, 0.3) is 0 Å². The molecule has 4 atom stereocenters. The van der Waals surface area contributed by atoms with Gasteiger partial charge in [-0.2, -0.15) is 0 Å². The molecule has 0 aliphatic heterocycles. The Hall–Kier alpha value is -0.0800. The minimum absolute atomic E-state index is 0.0707. The first kappa shape index (κ1) is 19.2. The third kappa shape index (κ3) is 4.72. The van der Waals surface area contributed by atoms with Gasteiger partial charge < -0.3 is 9.84 Å². The van der Waals surface area contributed by atoms with Crippen LogP contribution in [0.4, 0.5) is 0 Å². The zero-order valence-corrected chi connectivity index (χ0v) is 16.7. The quantitative estimate of drug-likeness (QED) is 0.716. The highest BCUT2D eigenvalue weighted by Crippen LogP contribution is 2.51. The van der Waals surface area contributed by atoms with Crippen LogP contribution >= 0.6 is 0 Å². The molecule has 2 bridgehead atoms. The first-order chi connectivity index (χ1) is 10.4. The summed E-state index contributed by atoms with van der Waals surface area (Å²) in [4.78, 5) is 0. The number of rotatable bonds is 5. The van der Waals surface area contributed by atoms with Crippen molar-refractivity contribution in [1.29, 1.82) is 0 Å². The molecular weight excluding hydrogens is 284 g/mol. The molecule has 136 valence electrons. The second kappa shape index (κ2) is 6.33. The fourth-order valence-corrected chi connectivity index (χ4v) is 5.35. The van der Waals surface area contributed by atoms with Gasteiger partial charge in [0.15, 0.2) is 0 Å². The largest absolute Gasteiger partial charge is 0.390 e. The van der Waals surface area contributed by atoms with Gasteiger partial charge in [-0.15, -0.1) is 0 Å². The second-order valence-electron chi connectivity index (χ2n) is 10.8. The van der Waals surface area contributed by atoms with Crippen LogP contribution in [0, 0.1) is 22.7 Å². The van der Waals surface area contributed by atoms with Crippen LogP contribution in [0.25, 0.3) is 0 Å². The van der Waals surface area contributed by atoms with Gasteiger partial charge in [-0.3, -0.25) is 0 Å². The Labute approximate surface area is 144 Å². The monoisotopic (exact) mass is 324 g/mol. The third-order valence-electron chi connectivity index (χ3n) is 6.41. The van der Waals surface area contributed by atoms with Gasteiger partial charge in [0, 0.05) is 6.42 Å². The summed E-state index contributed by atoms with van der Waals surface area (Å²) < 4.78 is 6.69. The van der Waals surface area contributed by atoms with Gasteiger partial charge in [0.2, 0.25) is 0 Å². The Balaban J connectivity index is 2.10. The van der Waals surface area contributed by atoms with Gasteiger partial charge in [0.1, 0.15) is 0 Å². The van der Waals surface area contributed by atoms with Gasteiger partial charge in [-0.05, 0) is 61.2 Å². The predicted molar refractivity (Wildman–Crippen MR) is 97.5 cm³/mol. The number of aliphatic hydroxyl groups is 1. The van der Waals surface area contributed by atoms with E-state index in [2.05, 4.69) is 48.5 Å². The van der Waals surface area contributed by atoms with Crippen LogP contribution < -0.4 is 0 Å². The number of fused-ring (bicyclic) bond motifs is 2. The van der Waals surface area contributed by atoms with E-state index in [-0.39, 0.29) is 11.0 Å². The predicted octanol–water partition coefficient (Wildman–Crippen LogP) is 5.58. The SMILES string of the molecule is CC1CC2(O)CCCC(OCC(C)(CC(C)(C)C)C(C)C)(C1)C2.